The molecule has 0 unspecified atom stereocenters. The molecule has 0 bridgehead atoms. The molecule has 1 nitrogen and oxygen atoms in total. The van der Waals surface area contributed by atoms with E-state index in [0.29, 0.717) is 0 Å². The van der Waals surface area contributed by atoms with E-state index in [1.54, 1.807) is 0 Å². The second kappa shape index (κ2) is 9.49. The summed E-state index contributed by atoms with van der Waals surface area (Å²) < 4.78 is 0. The van der Waals surface area contributed by atoms with Crippen molar-refractivity contribution >= 4 is 0 Å². The molecule has 0 aliphatic heterocycles. The summed E-state index contributed by atoms with van der Waals surface area (Å²) in [5, 5.41) is 7.95. The maximum absolute atomic E-state index is 7.95. The van der Waals surface area contributed by atoms with Crippen LogP contribution in [-0.4, -0.2) is 0 Å². The van der Waals surface area contributed by atoms with Crippen LogP contribution in [0.1, 0.15) is 26.2 Å². The molecule has 0 aromatic heterocycles. The maximum atomic E-state index is 7.95. The summed E-state index contributed by atoms with van der Waals surface area (Å²) in [4.78, 5) is 0. The maximum Gasteiger partial charge on any atom is 0.0621 e. The average Bonchev–Trinajstić information content (AvgIpc) is 1.61. The first-order chi connectivity index (χ1) is 2.91. The minimum absolute atomic E-state index is 0. The Morgan fingerprint density at radius 3 is 2.29 bits per heavy atom. The molecule has 0 fully saturated rings. The average molecular weight is 267 g/mol. The predicted octanol–water partition coefficient (Wildman–Crippen LogP) is 1.70. The van der Waals surface area contributed by atoms with Crippen LogP contribution in [0.15, 0.2) is 0 Å². The fourth-order valence-electron chi connectivity index (χ4n) is 0.256. The Balaban J connectivity index is 0. The number of hydrogen-bond acceptors (Lipinski definition) is 1. The van der Waals surface area contributed by atoms with Gasteiger partial charge in [-0.3, -0.25) is 0 Å². The van der Waals surface area contributed by atoms with Gasteiger partial charge < -0.3 is 0 Å². The zero-order chi connectivity index (χ0) is 4.83. The van der Waals surface area contributed by atoms with Crippen molar-refractivity contribution in [3.05, 3.63) is 0 Å². The van der Waals surface area contributed by atoms with Crippen LogP contribution in [-0.2, 0) is 21.1 Å². The van der Waals surface area contributed by atoms with Crippen LogP contribution in [0.2, 0.25) is 0 Å². The Morgan fingerprint density at radius 2 is 2.14 bits per heavy atom. The molecule has 0 atom stereocenters. The van der Waals surface area contributed by atoms with Gasteiger partial charge in [-0.1, -0.05) is 13.3 Å². The second-order valence-electron chi connectivity index (χ2n) is 1.26. The molecule has 0 radical (unpaired) electrons. The van der Waals surface area contributed by atoms with Crippen molar-refractivity contribution in [1.82, 2.24) is 0 Å². The Bertz CT molecular complexity index is 55.6. The third-order valence-electron chi connectivity index (χ3n) is 0.642. The largest absolute Gasteiger partial charge is 0.198 e. The normalized spacial score (nSPS) is 6.29. The van der Waals surface area contributed by atoms with Crippen LogP contribution in [0.4, 0.5) is 0 Å². The molecule has 0 spiro atoms. The van der Waals surface area contributed by atoms with Gasteiger partial charge in [0.05, 0.1) is 6.07 Å². The van der Waals surface area contributed by atoms with Gasteiger partial charge in [0.1, 0.15) is 0 Å². The summed E-state index contributed by atoms with van der Waals surface area (Å²) in [6.07, 6.45) is 2.90. The first-order valence-corrected chi connectivity index (χ1v) is 2.28. The summed E-state index contributed by atoms with van der Waals surface area (Å²) in [5.74, 6) is 0. The molecule has 2 heteroatoms. The molecule has 40 valence electrons. The quantitative estimate of drug-likeness (QED) is 0.698. The summed E-state index contributed by atoms with van der Waals surface area (Å²) in [7, 11) is 0. The zero-order valence-electron chi connectivity index (χ0n) is 4.48. The molecule has 0 heterocycles. The fourth-order valence-corrected chi connectivity index (χ4v) is 0.256. The Hall–Kier alpha value is 0.178. The summed E-state index contributed by atoms with van der Waals surface area (Å²) in [6.45, 7) is 2.08. The number of rotatable bonds is 2. The Morgan fingerprint density at radius 1 is 1.57 bits per heavy atom. The van der Waals surface area contributed by atoms with Crippen molar-refractivity contribution in [2.24, 2.45) is 0 Å². The van der Waals surface area contributed by atoms with E-state index in [2.05, 4.69) is 13.0 Å². The van der Waals surface area contributed by atoms with E-state index in [-0.39, 0.29) is 21.1 Å². The molecule has 0 aliphatic rings. The number of hydrogen-bond donors (Lipinski definition) is 0. The SMILES string of the molecule is CCCCC#N.[W]. The summed E-state index contributed by atoms with van der Waals surface area (Å²) in [6, 6.07) is 2.07. The summed E-state index contributed by atoms with van der Waals surface area (Å²) in [5.41, 5.74) is 0. The van der Waals surface area contributed by atoms with Gasteiger partial charge in [0.25, 0.3) is 0 Å². The molecule has 0 aliphatic carbocycles. The molecular weight excluding hydrogens is 258 g/mol. The number of unbranched alkanes of at least 4 members (excludes halogenated alkanes) is 2. The molecular formula is C5H9NW. The number of nitrogens with zero attached hydrogens (tertiary/aromatic N) is 1. The van der Waals surface area contributed by atoms with Crippen LogP contribution < -0.4 is 0 Å². The van der Waals surface area contributed by atoms with Gasteiger partial charge in [-0.2, -0.15) is 5.26 Å². The first-order valence-electron chi connectivity index (χ1n) is 2.28. The Labute approximate surface area is 59.0 Å². The van der Waals surface area contributed by atoms with E-state index in [0.717, 1.165) is 19.3 Å². The minimum atomic E-state index is 0. The Kier molecular flexibility index (Phi) is 13.9. The molecule has 0 aromatic carbocycles. The molecule has 0 rings (SSSR count). The number of nitriles is 1. The first kappa shape index (κ1) is 10.2. The van der Waals surface area contributed by atoms with E-state index in [1.807, 2.05) is 0 Å². The van der Waals surface area contributed by atoms with Crippen LogP contribution in [0.5, 0.6) is 0 Å². The van der Waals surface area contributed by atoms with Gasteiger partial charge in [0.2, 0.25) is 0 Å². The molecule has 0 aromatic rings. The fraction of sp³-hybridized carbons (Fsp3) is 0.800. The van der Waals surface area contributed by atoms with E-state index >= 15 is 0 Å². The van der Waals surface area contributed by atoms with E-state index in [9.17, 15) is 0 Å². The zero-order valence-corrected chi connectivity index (χ0v) is 7.41. The van der Waals surface area contributed by atoms with E-state index in [1.165, 1.54) is 0 Å². The van der Waals surface area contributed by atoms with Crippen LogP contribution in [0.25, 0.3) is 0 Å². The third kappa shape index (κ3) is 10.7. The standard InChI is InChI=1S/C5H9N.W/c1-2-3-4-5-6;/h2-4H2,1H3;. The summed E-state index contributed by atoms with van der Waals surface area (Å²) >= 11 is 0. The van der Waals surface area contributed by atoms with Gasteiger partial charge >= 0.3 is 0 Å². The topological polar surface area (TPSA) is 23.8 Å². The van der Waals surface area contributed by atoms with Crippen LogP contribution in [0, 0.1) is 11.3 Å². The third-order valence-corrected chi connectivity index (χ3v) is 0.642. The van der Waals surface area contributed by atoms with Crippen LogP contribution >= 0.6 is 0 Å². The van der Waals surface area contributed by atoms with E-state index < -0.39 is 0 Å². The van der Waals surface area contributed by atoms with Gasteiger partial charge in [0, 0.05) is 27.5 Å². The van der Waals surface area contributed by atoms with Crippen molar-refractivity contribution in [1.29, 1.82) is 5.26 Å². The molecule has 0 saturated carbocycles. The van der Waals surface area contributed by atoms with Gasteiger partial charge in [-0.05, 0) is 6.42 Å². The van der Waals surface area contributed by atoms with Gasteiger partial charge in [-0.15, -0.1) is 0 Å². The minimum Gasteiger partial charge on any atom is -0.198 e. The second-order valence-corrected chi connectivity index (χ2v) is 1.26. The van der Waals surface area contributed by atoms with Crippen LogP contribution in [0.3, 0.4) is 0 Å². The van der Waals surface area contributed by atoms with Gasteiger partial charge in [0.15, 0.2) is 0 Å². The van der Waals surface area contributed by atoms with Crippen molar-refractivity contribution in [2.45, 2.75) is 26.2 Å². The van der Waals surface area contributed by atoms with Crippen molar-refractivity contribution in [3.63, 3.8) is 0 Å². The van der Waals surface area contributed by atoms with Crippen molar-refractivity contribution < 1.29 is 21.1 Å². The van der Waals surface area contributed by atoms with Gasteiger partial charge in [-0.25, -0.2) is 0 Å². The molecule has 0 amide bonds. The van der Waals surface area contributed by atoms with E-state index in [4.69, 9.17) is 5.26 Å². The van der Waals surface area contributed by atoms with Crippen molar-refractivity contribution in [3.8, 4) is 6.07 Å². The van der Waals surface area contributed by atoms with Crippen molar-refractivity contribution in [2.75, 3.05) is 0 Å². The monoisotopic (exact) mass is 267 g/mol. The molecule has 0 saturated heterocycles. The molecule has 0 N–H and O–H groups in total. The smallest absolute Gasteiger partial charge is 0.0621 e. The predicted molar refractivity (Wildman–Crippen MR) is 25.1 cm³/mol. The molecule has 7 heavy (non-hydrogen) atoms.